The van der Waals surface area contributed by atoms with E-state index in [1.54, 1.807) is 0 Å². The van der Waals surface area contributed by atoms with Gasteiger partial charge in [0.1, 0.15) is 18.4 Å². The van der Waals surface area contributed by atoms with Crippen molar-refractivity contribution in [3.8, 4) is 0 Å². The van der Waals surface area contributed by atoms with Gasteiger partial charge in [0, 0.05) is 5.41 Å². The summed E-state index contributed by atoms with van der Waals surface area (Å²) in [5, 5.41) is 0. The van der Waals surface area contributed by atoms with Gasteiger partial charge < -0.3 is 0 Å². The third-order valence-corrected chi connectivity index (χ3v) is 10.0. The Kier molecular flexibility index (Phi) is 18.2. The monoisotopic (exact) mass is 600 g/mol. The first-order chi connectivity index (χ1) is 21.7. The summed E-state index contributed by atoms with van der Waals surface area (Å²) in [7, 11) is 0. The SMILES string of the molecule is CCCCCCCCCCCCC(n1cc[n+](CCCCCCCCCCC)c1)C(C)(Cc1ccccc1)c1ccccc1. The first-order valence-corrected chi connectivity index (χ1v) is 18.8. The molecule has 2 nitrogen and oxygen atoms in total. The van der Waals surface area contributed by atoms with E-state index in [2.05, 4.69) is 109 Å². The number of hydrogen-bond donors (Lipinski definition) is 0. The highest BCUT2D eigenvalue weighted by Crippen LogP contribution is 2.41. The van der Waals surface area contributed by atoms with Crippen molar-refractivity contribution in [2.75, 3.05) is 0 Å². The van der Waals surface area contributed by atoms with Crippen LogP contribution in [0.5, 0.6) is 0 Å². The fourth-order valence-corrected chi connectivity index (χ4v) is 7.21. The van der Waals surface area contributed by atoms with Crippen LogP contribution in [0, 0.1) is 0 Å². The minimum atomic E-state index is 0.0104. The van der Waals surface area contributed by atoms with E-state index < -0.39 is 0 Å². The number of aromatic nitrogens is 2. The molecule has 2 unspecified atom stereocenters. The van der Waals surface area contributed by atoms with Gasteiger partial charge in [0.2, 0.25) is 6.33 Å². The molecular formula is C42H67N2+. The highest BCUT2D eigenvalue weighted by Gasteiger charge is 2.40. The minimum absolute atomic E-state index is 0.0104. The molecule has 0 radical (unpaired) electrons. The van der Waals surface area contributed by atoms with E-state index in [1.165, 1.54) is 140 Å². The quantitative estimate of drug-likeness (QED) is 0.0641. The molecule has 3 rings (SSSR count). The van der Waals surface area contributed by atoms with Crippen molar-refractivity contribution >= 4 is 0 Å². The van der Waals surface area contributed by atoms with Crippen LogP contribution in [0.15, 0.2) is 79.4 Å². The van der Waals surface area contributed by atoms with Gasteiger partial charge in [0.15, 0.2) is 0 Å². The van der Waals surface area contributed by atoms with Crippen LogP contribution in [-0.2, 0) is 18.4 Å². The van der Waals surface area contributed by atoms with Crippen LogP contribution in [0.1, 0.15) is 166 Å². The second-order valence-corrected chi connectivity index (χ2v) is 13.9. The molecule has 244 valence electrons. The second kappa shape index (κ2) is 22.2. The van der Waals surface area contributed by atoms with Crippen molar-refractivity contribution < 1.29 is 4.57 Å². The molecule has 3 aromatic rings. The smallest absolute Gasteiger partial charge is 0.237 e. The molecule has 0 bridgehead atoms. The largest absolute Gasteiger partial charge is 0.244 e. The maximum absolute atomic E-state index is 2.58. The normalized spacial score (nSPS) is 13.6. The Morgan fingerprint density at radius 2 is 1.07 bits per heavy atom. The fraction of sp³-hybridized carbons (Fsp3) is 0.643. The topological polar surface area (TPSA) is 8.81 Å². The van der Waals surface area contributed by atoms with Crippen LogP contribution < -0.4 is 4.57 Å². The molecule has 0 aliphatic rings. The Bertz CT molecular complexity index is 1070. The van der Waals surface area contributed by atoms with Gasteiger partial charge in [-0.05, 0) is 43.2 Å². The second-order valence-electron chi connectivity index (χ2n) is 13.9. The molecule has 2 heteroatoms. The Morgan fingerprint density at radius 1 is 0.591 bits per heavy atom. The van der Waals surface area contributed by atoms with E-state index >= 15 is 0 Å². The minimum Gasteiger partial charge on any atom is -0.237 e. The Morgan fingerprint density at radius 3 is 1.61 bits per heavy atom. The summed E-state index contributed by atoms with van der Waals surface area (Å²) in [6.07, 6.45) is 35.7. The molecule has 0 aliphatic heterocycles. The zero-order valence-corrected chi connectivity index (χ0v) is 29.0. The van der Waals surface area contributed by atoms with Crippen LogP contribution in [0.4, 0.5) is 0 Å². The molecule has 44 heavy (non-hydrogen) atoms. The summed E-state index contributed by atoms with van der Waals surface area (Å²) in [5.41, 5.74) is 2.90. The molecule has 2 atom stereocenters. The van der Waals surface area contributed by atoms with E-state index in [1.807, 2.05) is 0 Å². The van der Waals surface area contributed by atoms with E-state index in [-0.39, 0.29) is 5.41 Å². The number of hydrogen-bond acceptors (Lipinski definition) is 0. The van der Waals surface area contributed by atoms with Crippen molar-refractivity contribution in [1.82, 2.24) is 4.57 Å². The molecule has 0 saturated carbocycles. The Balaban J connectivity index is 1.64. The molecule has 0 spiro atoms. The molecular weight excluding hydrogens is 532 g/mol. The molecule has 2 aromatic carbocycles. The molecule has 0 amide bonds. The molecule has 0 fully saturated rings. The van der Waals surface area contributed by atoms with Crippen LogP contribution in [0.3, 0.4) is 0 Å². The average molecular weight is 600 g/mol. The lowest BCUT2D eigenvalue weighted by Crippen LogP contribution is -2.38. The zero-order chi connectivity index (χ0) is 31.1. The highest BCUT2D eigenvalue weighted by atomic mass is 15.1. The van der Waals surface area contributed by atoms with E-state index in [0.29, 0.717) is 6.04 Å². The van der Waals surface area contributed by atoms with Crippen LogP contribution >= 0.6 is 0 Å². The maximum Gasteiger partial charge on any atom is 0.244 e. The number of unbranched alkanes of at least 4 members (excludes halogenated alkanes) is 17. The van der Waals surface area contributed by atoms with Crippen molar-refractivity contribution in [2.45, 2.75) is 174 Å². The number of nitrogens with zero attached hydrogens (tertiary/aromatic N) is 2. The van der Waals surface area contributed by atoms with Gasteiger partial charge in [0.25, 0.3) is 0 Å². The Labute approximate surface area is 272 Å². The number of aryl methyl sites for hydroxylation is 1. The Hall–Kier alpha value is -2.35. The van der Waals surface area contributed by atoms with Crippen LogP contribution in [-0.4, -0.2) is 4.57 Å². The molecule has 0 aliphatic carbocycles. The number of imidazole rings is 1. The van der Waals surface area contributed by atoms with E-state index in [4.69, 9.17) is 0 Å². The van der Waals surface area contributed by atoms with Gasteiger partial charge in [-0.25, -0.2) is 9.13 Å². The average Bonchev–Trinajstić information content (AvgIpc) is 3.52. The third-order valence-electron chi connectivity index (χ3n) is 10.0. The molecule has 1 aromatic heterocycles. The van der Waals surface area contributed by atoms with Gasteiger partial charge in [-0.2, -0.15) is 0 Å². The van der Waals surface area contributed by atoms with Crippen LogP contribution in [0.2, 0.25) is 0 Å². The first-order valence-electron chi connectivity index (χ1n) is 18.8. The standard InChI is InChI=1S/C42H67N2/c1-4-6-8-10-12-14-15-17-19-27-33-41(42(3,40-31-25-22-26-32-40)37-39-29-23-21-24-30-39)44-36-35-43(38-44)34-28-20-18-16-13-11-9-7-5-2/h21-26,29-32,35-36,38,41H,4-20,27-28,33-34,37H2,1-3H3/q+1. The van der Waals surface area contributed by atoms with Crippen molar-refractivity contribution in [1.29, 1.82) is 0 Å². The van der Waals surface area contributed by atoms with Crippen molar-refractivity contribution in [3.63, 3.8) is 0 Å². The van der Waals surface area contributed by atoms with Gasteiger partial charge in [-0.3, -0.25) is 0 Å². The van der Waals surface area contributed by atoms with Crippen molar-refractivity contribution in [2.24, 2.45) is 0 Å². The van der Waals surface area contributed by atoms with Crippen LogP contribution in [0.25, 0.3) is 0 Å². The maximum atomic E-state index is 2.58. The summed E-state index contributed by atoms with van der Waals surface area (Å²) in [5.74, 6) is 0. The predicted molar refractivity (Wildman–Crippen MR) is 191 cm³/mol. The number of benzene rings is 2. The summed E-state index contributed by atoms with van der Waals surface area (Å²) in [4.78, 5) is 0. The lowest BCUT2D eigenvalue weighted by molar-refractivity contribution is -0.697. The lowest BCUT2D eigenvalue weighted by atomic mass is 9.70. The summed E-state index contributed by atoms with van der Waals surface area (Å²) < 4.78 is 5.04. The van der Waals surface area contributed by atoms with Crippen molar-refractivity contribution in [3.05, 3.63) is 90.5 Å². The summed E-state index contributed by atoms with van der Waals surface area (Å²) >= 11 is 0. The van der Waals surface area contributed by atoms with Gasteiger partial charge in [-0.15, -0.1) is 0 Å². The lowest BCUT2D eigenvalue weighted by Gasteiger charge is -2.37. The third kappa shape index (κ3) is 13.3. The van der Waals surface area contributed by atoms with E-state index in [0.717, 1.165) is 13.0 Å². The summed E-state index contributed by atoms with van der Waals surface area (Å²) in [6.45, 7) is 8.27. The molecule has 0 saturated heterocycles. The zero-order valence-electron chi connectivity index (χ0n) is 29.0. The van der Waals surface area contributed by atoms with Gasteiger partial charge in [-0.1, -0.05) is 184 Å². The fourth-order valence-electron chi connectivity index (χ4n) is 7.21. The summed E-state index contributed by atoms with van der Waals surface area (Å²) in [6, 6.07) is 23.0. The number of rotatable bonds is 26. The van der Waals surface area contributed by atoms with Gasteiger partial charge in [0.05, 0.1) is 6.54 Å². The molecule has 1 heterocycles. The molecule has 0 N–H and O–H groups in total. The first kappa shape index (κ1) is 36.1. The van der Waals surface area contributed by atoms with E-state index in [9.17, 15) is 0 Å². The highest BCUT2D eigenvalue weighted by molar-refractivity contribution is 5.30. The predicted octanol–water partition coefficient (Wildman–Crippen LogP) is 12.4. The van der Waals surface area contributed by atoms with Gasteiger partial charge >= 0.3 is 0 Å².